The van der Waals surface area contributed by atoms with Crippen LogP contribution in [0.1, 0.15) is 38.5 Å². The maximum atomic E-state index is 12.6. The minimum Gasteiger partial charge on any atom is -0.409 e. The molecule has 7 heteroatoms. The first-order valence-corrected chi connectivity index (χ1v) is 7.38. The Bertz CT molecular complexity index is 352. The molecule has 0 heterocycles. The maximum absolute atomic E-state index is 12.6. The lowest BCUT2D eigenvalue weighted by Crippen LogP contribution is -2.51. The van der Waals surface area contributed by atoms with Gasteiger partial charge in [-0.1, -0.05) is 30.8 Å². The third kappa shape index (κ3) is 4.57. The minimum absolute atomic E-state index is 0.00242. The Hall–Kier alpha value is -1.34. The summed E-state index contributed by atoms with van der Waals surface area (Å²) in [6.07, 6.45) is 4.93. The number of nitrogens with zero attached hydrogens (tertiary/aromatic N) is 1. The quantitative estimate of drug-likeness (QED) is 0.212. The summed E-state index contributed by atoms with van der Waals surface area (Å²) in [6, 6.07) is 0. The Morgan fingerprint density at radius 1 is 1.33 bits per heavy atom. The van der Waals surface area contributed by atoms with Gasteiger partial charge in [-0.25, -0.2) is 0 Å². The second kappa shape index (κ2) is 8.84. The fourth-order valence-corrected chi connectivity index (χ4v) is 2.80. The van der Waals surface area contributed by atoms with Crippen molar-refractivity contribution < 1.29 is 19.5 Å². The van der Waals surface area contributed by atoms with Crippen molar-refractivity contribution in [2.24, 2.45) is 16.3 Å². The number of carbonyl (C=O) groups excluding carboxylic acids is 1. The molecule has 0 spiro atoms. The lowest BCUT2D eigenvalue weighted by Gasteiger charge is -2.30. The number of ether oxygens (including phenoxy) is 2. The summed E-state index contributed by atoms with van der Waals surface area (Å²) in [7, 11) is 3.15. The third-order valence-corrected chi connectivity index (χ3v) is 4.17. The molecule has 0 aromatic carbocycles. The van der Waals surface area contributed by atoms with E-state index in [0.29, 0.717) is 26.0 Å². The van der Waals surface area contributed by atoms with Crippen molar-refractivity contribution >= 4 is 11.7 Å². The van der Waals surface area contributed by atoms with Gasteiger partial charge in [0.25, 0.3) is 0 Å². The van der Waals surface area contributed by atoms with Crippen molar-refractivity contribution in [3.63, 3.8) is 0 Å². The van der Waals surface area contributed by atoms with Crippen molar-refractivity contribution in [1.82, 2.24) is 5.32 Å². The SMILES string of the molecule is COCC(CNC(=O)C1(C(N)=NO)CCCCCC1)OC. The highest BCUT2D eigenvalue weighted by Gasteiger charge is 2.43. The maximum Gasteiger partial charge on any atom is 0.234 e. The number of amidine groups is 1. The van der Waals surface area contributed by atoms with Gasteiger partial charge in [0.15, 0.2) is 5.84 Å². The summed E-state index contributed by atoms with van der Waals surface area (Å²) in [5.74, 6) is -0.194. The number of rotatable bonds is 7. The molecule has 21 heavy (non-hydrogen) atoms. The molecule has 1 amide bonds. The Labute approximate surface area is 125 Å². The smallest absolute Gasteiger partial charge is 0.234 e. The highest BCUT2D eigenvalue weighted by Crippen LogP contribution is 2.35. The molecule has 1 rings (SSSR count). The van der Waals surface area contributed by atoms with E-state index in [1.165, 1.54) is 0 Å². The molecular formula is C14H27N3O4. The van der Waals surface area contributed by atoms with Crippen LogP contribution in [0, 0.1) is 5.41 Å². The van der Waals surface area contributed by atoms with Gasteiger partial charge in [0, 0.05) is 20.8 Å². The molecule has 4 N–H and O–H groups in total. The Morgan fingerprint density at radius 2 is 1.95 bits per heavy atom. The fraction of sp³-hybridized carbons (Fsp3) is 0.857. The van der Waals surface area contributed by atoms with Crippen LogP contribution in [-0.4, -0.2) is 50.4 Å². The van der Waals surface area contributed by atoms with Gasteiger partial charge in [0.2, 0.25) is 5.91 Å². The second-order valence-electron chi connectivity index (χ2n) is 5.50. The summed E-state index contributed by atoms with van der Waals surface area (Å²) in [5.41, 5.74) is 4.93. The summed E-state index contributed by atoms with van der Waals surface area (Å²) >= 11 is 0. The Balaban J connectivity index is 2.76. The largest absolute Gasteiger partial charge is 0.409 e. The van der Waals surface area contributed by atoms with Crippen molar-refractivity contribution in [2.75, 3.05) is 27.4 Å². The molecule has 7 nitrogen and oxygen atoms in total. The monoisotopic (exact) mass is 301 g/mol. The number of nitrogens with one attached hydrogen (secondary N) is 1. The van der Waals surface area contributed by atoms with Gasteiger partial charge >= 0.3 is 0 Å². The van der Waals surface area contributed by atoms with E-state index in [9.17, 15) is 4.79 Å². The minimum atomic E-state index is -0.906. The van der Waals surface area contributed by atoms with E-state index in [0.717, 1.165) is 25.7 Å². The van der Waals surface area contributed by atoms with Crippen LogP contribution in [0.3, 0.4) is 0 Å². The zero-order chi connectivity index (χ0) is 15.7. The number of hydrogen-bond acceptors (Lipinski definition) is 5. The number of oxime groups is 1. The normalized spacial score (nSPS) is 20.6. The molecule has 0 aromatic heterocycles. The molecular weight excluding hydrogens is 274 g/mol. The van der Waals surface area contributed by atoms with Gasteiger partial charge in [0.1, 0.15) is 5.41 Å². The van der Waals surface area contributed by atoms with Crippen LogP contribution in [-0.2, 0) is 14.3 Å². The zero-order valence-electron chi connectivity index (χ0n) is 12.9. The van der Waals surface area contributed by atoms with Gasteiger partial charge in [-0.05, 0) is 12.8 Å². The highest BCUT2D eigenvalue weighted by molar-refractivity contribution is 6.06. The van der Waals surface area contributed by atoms with Crippen LogP contribution in [0.25, 0.3) is 0 Å². The number of methoxy groups -OCH3 is 2. The average molecular weight is 301 g/mol. The third-order valence-electron chi connectivity index (χ3n) is 4.17. The van der Waals surface area contributed by atoms with Gasteiger partial charge < -0.3 is 25.7 Å². The standard InChI is InChI=1S/C14H27N3O4/c1-20-10-11(21-2)9-16-13(18)14(12(15)17-19)7-5-3-4-6-8-14/h11,19H,3-10H2,1-2H3,(H2,15,17)(H,16,18). The molecule has 1 fully saturated rings. The predicted molar refractivity (Wildman–Crippen MR) is 79.2 cm³/mol. The average Bonchev–Trinajstić information content (AvgIpc) is 2.77. The van der Waals surface area contributed by atoms with E-state index >= 15 is 0 Å². The number of carbonyl (C=O) groups is 1. The van der Waals surface area contributed by atoms with Gasteiger partial charge in [-0.2, -0.15) is 0 Å². The van der Waals surface area contributed by atoms with E-state index < -0.39 is 5.41 Å². The molecule has 0 aliphatic heterocycles. The van der Waals surface area contributed by atoms with Gasteiger partial charge in [-0.3, -0.25) is 4.79 Å². The van der Waals surface area contributed by atoms with Crippen LogP contribution in [0.15, 0.2) is 5.16 Å². The molecule has 1 unspecified atom stereocenters. The zero-order valence-corrected chi connectivity index (χ0v) is 12.9. The van der Waals surface area contributed by atoms with E-state index in [1.54, 1.807) is 14.2 Å². The van der Waals surface area contributed by atoms with E-state index in [1.807, 2.05) is 0 Å². The second-order valence-corrected chi connectivity index (χ2v) is 5.50. The molecule has 0 bridgehead atoms. The molecule has 0 saturated heterocycles. The predicted octanol–water partition coefficient (Wildman–Crippen LogP) is 0.851. The highest BCUT2D eigenvalue weighted by atomic mass is 16.5. The molecule has 1 atom stereocenters. The van der Waals surface area contributed by atoms with Gasteiger partial charge in [0.05, 0.1) is 12.7 Å². The Morgan fingerprint density at radius 3 is 2.43 bits per heavy atom. The summed E-state index contributed by atoms with van der Waals surface area (Å²) in [4.78, 5) is 12.6. The summed E-state index contributed by atoms with van der Waals surface area (Å²) in [5, 5.41) is 15.0. The lowest BCUT2D eigenvalue weighted by atomic mass is 9.78. The van der Waals surface area contributed by atoms with Crippen LogP contribution in [0.4, 0.5) is 0 Å². The lowest BCUT2D eigenvalue weighted by molar-refractivity contribution is -0.129. The first-order valence-electron chi connectivity index (χ1n) is 7.38. The molecule has 0 aromatic rings. The molecule has 1 aliphatic carbocycles. The molecule has 122 valence electrons. The van der Waals surface area contributed by atoms with Crippen LogP contribution < -0.4 is 11.1 Å². The fourth-order valence-electron chi connectivity index (χ4n) is 2.80. The van der Waals surface area contributed by atoms with Crippen LogP contribution in [0.5, 0.6) is 0 Å². The Kier molecular flexibility index (Phi) is 7.45. The van der Waals surface area contributed by atoms with E-state index in [4.69, 9.17) is 20.4 Å². The number of amides is 1. The van der Waals surface area contributed by atoms with Crippen molar-refractivity contribution in [3.05, 3.63) is 0 Å². The first kappa shape index (κ1) is 17.7. The molecule has 0 radical (unpaired) electrons. The summed E-state index contributed by atoms with van der Waals surface area (Å²) in [6.45, 7) is 0.733. The van der Waals surface area contributed by atoms with Crippen molar-refractivity contribution in [1.29, 1.82) is 0 Å². The first-order chi connectivity index (χ1) is 10.1. The summed E-state index contributed by atoms with van der Waals surface area (Å²) < 4.78 is 10.2. The number of nitrogens with two attached hydrogens (primary N) is 1. The van der Waals surface area contributed by atoms with Gasteiger partial charge in [-0.15, -0.1) is 0 Å². The number of hydrogen-bond donors (Lipinski definition) is 3. The van der Waals surface area contributed by atoms with E-state index in [2.05, 4.69) is 10.5 Å². The van der Waals surface area contributed by atoms with E-state index in [-0.39, 0.29) is 17.8 Å². The molecule has 1 aliphatic rings. The van der Waals surface area contributed by atoms with Crippen molar-refractivity contribution in [2.45, 2.75) is 44.6 Å². The van der Waals surface area contributed by atoms with Crippen LogP contribution >= 0.6 is 0 Å². The van der Waals surface area contributed by atoms with Crippen LogP contribution in [0.2, 0.25) is 0 Å². The van der Waals surface area contributed by atoms with Crippen molar-refractivity contribution in [3.8, 4) is 0 Å². The molecule has 1 saturated carbocycles. The topological polar surface area (TPSA) is 106 Å².